The van der Waals surface area contributed by atoms with E-state index in [9.17, 15) is 18.0 Å². The van der Waals surface area contributed by atoms with Gasteiger partial charge in [-0.15, -0.1) is 13.2 Å². The molecule has 0 aliphatic carbocycles. The zero-order valence-electron chi connectivity index (χ0n) is 20.7. The van der Waals surface area contributed by atoms with Crippen LogP contribution in [0.4, 0.5) is 19.0 Å². The summed E-state index contributed by atoms with van der Waals surface area (Å²) in [5, 5.41) is 4.31. The topological polar surface area (TPSA) is 79.6 Å². The fourth-order valence-electron chi connectivity index (χ4n) is 4.72. The molecule has 0 saturated carbocycles. The maximum Gasteiger partial charge on any atom is 0.573 e. The van der Waals surface area contributed by atoms with Crippen LogP contribution in [-0.2, 0) is 31.4 Å². The summed E-state index contributed by atoms with van der Waals surface area (Å²) in [4.78, 5) is 28.2. The van der Waals surface area contributed by atoms with Crippen LogP contribution in [-0.4, -0.2) is 74.5 Å². The van der Waals surface area contributed by atoms with Gasteiger partial charge in [0.15, 0.2) is 5.82 Å². The number of ether oxygens (including phenoxy) is 1. The first kappa shape index (κ1) is 25.0. The van der Waals surface area contributed by atoms with Crippen LogP contribution in [0.1, 0.15) is 23.9 Å². The van der Waals surface area contributed by atoms with E-state index in [0.717, 1.165) is 60.2 Å². The van der Waals surface area contributed by atoms with Crippen LogP contribution in [0.2, 0.25) is 0 Å². The number of aryl methyl sites for hydroxylation is 1. The summed E-state index contributed by atoms with van der Waals surface area (Å²) in [6, 6.07) is 6.00. The van der Waals surface area contributed by atoms with Crippen molar-refractivity contribution in [2.24, 2.45) is 7.05 Å². The van der Waals surface area contributed by atoms with Gasteiger partial charge in [0, 0.05) is 71.4 Å². The summed E-state index contributed by atoms with van der Waals surface area (Å²) >= 11 is 0. The predicted octanol–water partition coefficient (Wildman–Crippen LogP) is 3.00. The lowest BCUT2D eigenvalue weighted by molar-refractivity contribution is -0.274. The number of nitrogens with zero attached hydrogens (tertiary/aromatic N) is 7. The number of hydrogen-bond donors (Lipinski definition) is 0. The highest BCUT2D eigenvalue weighted by Crippen LogP contribution is 2.31. The highest BCUT2D eigenvalue weighted by Gasteiger charge is 2.31. The highest BCUT2D eigenvalue weighted by molar-refractivity contribution is 5.74. The number of piperazine rings is 1. The van der Waals surface area contributed by atoms with Crippen LogP contribution in [0.25, 0.3) is 11.3 Å². The monoisotopic (exact) mass is 515 g/mol. The van der Waals surface area contributed by atoms with Gasteiger partial charge in [0.25, 0.3) is 0 Å². The first-order valence-corrected chi connectivity index (χ1v) is 12.1. The van der Waals surface area contributed by atoms with Gasteiger partial charge in [-0.3, -0.25) is 14.4 Å². The fraction of sp³-hybridized carbons (Fsp3) is 0.440. The number of carbonyl (C=O) groups excluding carboxylic acids is 1. The molecule has 1 amide bonds. The Morgan fingerprint density at radius 2 is 1.76 bits per heavy atom. The van der Waals surface area contributed by atoms with Gasteiger partial charge in [0.1, 0.15) is 11.4 Å². The average molecular weight is 516 g/mol. The van der Waals surface area contributed by atoms with Gasteiger partial charge >= 0.3 is 6.36 Å². The van der Waals surface area contributed by atoms with Crippen LogP contribution in [0, 0.1) is 0 Å². The average Bonchev–Trinajstić information content (AvgIpc) is 3.30. The van der Waals surface area contributed by atoms with E-state index in [1.54, 1.807) is 34.8 Å². The van der Waals surface area contributed by atoms with Crippen LogP contribution < -0.4 is 9.64 Å². The standard InChI is InChI=1S/C25H28F3N7O2/c1-17(36)35-8-7-21-22(16-35)30-23(19-13-29-32(2)15-19)24(31-21)34-11-9-33(10-12-34)14-18-3-5-20(6-4-18)37-25(26,27)28/h3-6,13,15H,7-12,14,16H2,1-2H3. The number of alkyl halides is 3. The molecule has 1 saturated heterocycles. The molecule has 2 aliphatic heterocycles. The summed E-state index contributed by atoms with van der Waals surface area (Å²) in [7, 11) is 1.85. The maximum absolute atomic E-state index is 12.4. The molecular weight excluding hydrogens is 487 g/mol. The second kappa shape index (κ2) is 10.0. The number of hydrogen-bond acceptors (Lipinski definition) is 7. The lowest BCUT2D eigenvalue weighted by Gasteiger charge is -2.37. The van der Waals surface area contributed by atoms with Crippen molar-refractivity contribution in [3.05, 3.63) is 53.6 Å². The molecular formula is C25H28F3N7O2. The number of amides is 1. The van der Waals surface area contributed by atoms with Crippen molar-refractivity contribution in [2.45, 2.75) is 32.8 Å². The Morgan fingerprint density at radius 3 is 2.38 bits per heavy atom. The molecule has 0 N–H and O–H groups in total. The van der Waals surface area contributed by atoms with Crippen molar-refractivity contribution >= 4 is 11.7 Å². The third kappa shape index (κ3) is 5.85. The number of rotatable bonds is 5. The van der Waals surface area contributed by atoms with E-state index < -0.39 is 6.36 Å². The van der Waals surface area contributed by atoms with Gasteiger partial charge in [-0.05, 0) is 17.7 Å². The summed E-state index contributed by atoms with van der Waals surface area (Å²) < 4.78 is 42.9. The highest BCUT2D eigenvalue weighted by atomic mass is 19.4. The molecule has 0 bridgehead atoms. The van der Waals surface area contributed by atoms with Crippen molar-refractivity contribution in [3.63, 3.8) is 0 Å². The third-order valence-corrected chi connectivity index (χ3v) is 6.65. The Kier molecular flexibility index (Phi) is 6.76. The Balaban J connectivity index is 1.30. The second-order valence-corrected chi connectivity index (χ2v) is 9.34. The number of fused-ring (bicyclic) bond motifs is 1. The van der Waals surface area contributed by atoms with E-state index in [1.807, 2.05) is 13.2 Å². The van der Waals surface area contributed by atoms with Crippen LogP contribution in [0.5, 0.6) is 5.75 Å². The Hall–Kier alpha value is -3.67. The summed E-state index contributed by atoms with van der Waals surface area (Å²) in [6.45, 7) is 6.28. The van der Waals surface area contributed by atoms with E-state index in [-0.39, 0.29) is 11.7 Å². The minimum absolute atomic E-state index is 0.0260. The minimum Gasteiger partial charge on any atom is -0.406 e. The molecule has 3 aromatic rings. The quantitative estimate of drug-likeness (QED) is 0.517. The molecule has 9 nitrogen and oxygen atoms in total. The Labute approximate surface area is 212 Å². The molecule has 0 radical (unpaired) electrons. The molecule has 5 rings (SSSR count). The fourth-order valence-corrected chi connectivity index (χ4v) is 4.72. The SMILES string of the molecule is CC(=O)N1CCc2nc(N3CCN(Cc4ccc(OC(F)(F)F)cc4)CC3)c(-c3cnn(C)c3)nc2C1. The minimum atomic E-state index is -4.70. The zero-order chi connectivity index (χ0) is 26.2. The summed E-state index contributed by atoms with van der Waals surface area (Å²) in [5.74, 6) is 0.621. The summed E-state index contributed by atoms with van der Waals surface area (Å²) in [6.07, 6.45) is -0.350. The largest absolute Gasteiger partial charge is 0.573 e. The van der Waals surface area contributed by atoms with Crippen molar-refractivity contribution in [1.29, 1.82) is 0 Å². The maximum atomic E-state index is 12.4. The molecule has 2 aliphatic rings. The number of anilines is 1. The van der Waals surface area contributed by atoms with Crippen molar-refractivity contribution < 1.29 is 22.7 Å². The Bertz CT molecular complexity index is 1270. The van der Waals surface area contributed by atoms with Gasteiger partial charge in [-0.25, -0.2) is 9.97 Å². The van der Waals surface area contributed by atoms with Crippen molar-refractivity contribution in [1.82, 2.24) is 29.5 Å². The normalized spacial score (nSPS) is 16.6. The predicted molar refractivity (Wildman–Crippen MR) is 130 cm³/mol. The van der Waals surface area contributed by atoms with Crippen LogP contribution >= 0.6 is 0 Å². The van der Waals surface area contributed by atoms with E-state index in [2.05, 4.69) is 19.6 Å². The van der Waals surface area contributed by atoms with E-state index >= 15 is 0 Å². The van der Waals surface area contributed by atoms with E-state index in [0.29, 0.717) is 26.1 Å². The van der Waals surface area contributed by atoms with Crippen LogP contribution in [0.3, 0.4) is 0 Å². The molecule has 12 heteroatoms. The molecule has 37 heavy (non-hydrogen) atoms. The molecule has 0 unspecified atom stereocenters. The lowest BCUT2D eigenvalue weighted by Crippen LogP contribution is -2.46. The smallest absolute Gasteiger partial charge is 0.406 e. The van der Waals surface area contributed by atoms with E-state index in [4.69, 9.17) is 9.97 Å². The van der Waals surface area contributed by atoms with Gasteiger partial charge in [0.05, 0.1) is 24.1 Å². The Morgan fingerprint density at radius 1 is 1.03 bits per heavy atom. The van der Waals surface area contributed by atoms with Crippen molar-refractivity contribution in [3.8, 4) is 17.0 Å². The first-order valence-electron chi connectivity index (χ1n) is 12.1. The number of halogens is 3. The molecule has 4 heterocycles. The number of benzene rings is 1. The molecule has 196 valence electrons. The lowest BCUT2D eigenvalue weighted by atomic mass is 10.1. The first-order chi connectivity index (χ1) is 17.6. The van der Waals surface area contributed by atoms with Gasteiger partial charge in [-0.2, -0.15) is 5.10 Å². The molecule has 0 atom stereocenters. The second-order valence-electron chi connectivity index (χ2n) is 9.34. The molecule has 0 spiro atoms. The van der Waals surface area contributed by atoms with Crippen LogP contribution in [0.15, 0.2) is 36.7 Å². The molecule has 1 fully saturated rings. The zero-order valence-corrected chi connectivity index (χ0v) is 20.7. The molecule has 2 aromatic heterocycles. The summed E-state index contributed by atoms with van der Waals surface area (Å²) in [5.41, 5.74) is 4.29. The number of aromatic nitrogens is 4. The van der Waals surface area contributed by atoms with E-state index in [1.165, 1.54) is 12.1 Å². The number of carbonyl (C=O) groups is 1. The van der Waals surface area contributed by atoms with Gasteiger partial charge in [-0.1, -0.05) is 12.1 Å². The third-order valence-electron chi connectivity index (χ3n) is 6.65. The molecule has 1 aromatic carbocycles. The van der Waals surface area contributed by atoms with Gasteiger partial charge in [0.2, 0.25) is 5.91 Å². The van der Waals surface area contributed by atoms with Gasteiger partial charge < -0.3 is 14.5 Å². The van der Waals surface area contributed by atoms with Crippen molar-refractivity contribution in [2.75, 3.05) is 37.6 Å².